The molecule has 0 aliphatic heterocycles. The number of nitro groups is 1. The molecule has 0 spiro atoms. The van der Waals surface area contributed by atoms with E-state index in [4.69, 9.17) is 14.9 Å². The van der Waals surface area contributed by atoms with Crippen molar-refractivity contribution in [1.82, 2.24) is 0 Å². The van der Waals surface area contributed by atoms with E-state index < -0.39 is 4.92 Å². The van der Waals surface area contributed by atoms with Crippen LogP contribution < -0.4 is 9.47 Å². The minimum absolute atomic E-state index is 0.0611. The molecule has 24 heavy (non-hydrogen) atoms. The number of non-ortho nitro benzene ring substituents is 1. The molecule has 0 saturated heterocycles. The van der Waals surface area contributed by atoms with Crippen LogP contribution in [0.15, 0.2) is 45.0 Å². The molecule has 0 aromatic heterocycles. The highest BCUT2D eigenvalue weighted by Crippen LogP contribution is 2.40. The van der Waals surface area contributed by atoms with E-state index in [1.54, 1.807) is 0 Å². The molecular weight excluding hydrogens is 382 g/mol. The molecule has 9 nitrogen and oxygen atoms in total. The second-order valence-electron chi connectivity index (χ2n) is 4.39. The van der Waals surface area contributed by atoms with E-state index >= 15 is 0 Å². The van der Waals surface area contributed by atoms with Crippen LogP contribution in [-0.2, 0) is 0 Å². The first kappa shape index (κ1) is 17.3. The van der Waals surface area contributed by atoms with Crippen molar-refractivity contribution < 1.29 is 14.4 Å². The van der Waals surface area contributed by atoms with Crippen molar-refractivity contribution in [2.45, 2.75) is 0 Å². The largest absolute Gasteiger partial charge is 0.494 e. The van der Waals surface area contributed by atoms with Gasteiger partial charge in [-0.15, -0.1) is 10.2 Å². The summed E-state index contributed by atoms with van der Waals surface area (Å²) in [6.45, 7) is 0. The molecule has 0 N–H and O–H groups in total. The zero-order valence-electron chi connectivity index (χ0n) is 12.6. The first-order valence-electron chi connectivity index (χ1n) is 6.47. The van der Waals surface area contributed by atoms with Gasteiger partial charge in [0, 0.05) is 18.2 Å². The summed E-state index contributed by atoms with van der Waals surface area (Å²) in [4.78, 5) is 13.3. The summed E-state index contributed by atoms with van der Waals surface area (Å²) in [5.74, 6) is 0.611. The summed E-state index contributed by atoms with van der Waals surface area (Å²) in [5, 5.41) is 27.8. The van der Waals surface area contributed by atoms with Gasteiger partial charge in [-0.2, -0.15) is 0 Å². The third-order valence-electron chi connectivity index (χ3n) is 3.00. The number of diazo groups is 1. The van der Waals surface area contributed by atoms with Gasteiger partial charge in [0.15, 0.2) is 10.7 Å². The van der Waals surface area contributed by atoms with Crippen molar-refractivity contribution in [2.75, 3.05) is 14.2 Å². The summed E-state index contributed by atoms with van der Waals surface area (Å²) in [6.07, 6.45) is 0. The lowest BCUT2D eigenvalue weighted by Gasteiger charge is -2.04. The Labute approximate surface area is 144 Å². The SMILES string of the molecule is COc1cc([N+]#N)c(OC)cc1N=Nc1ccc([N+](=O)[O-])cc1Br. The molecule has 0 fully saturated rings. The smallest absolute Gasteiger partial charge is 0.430 e. The van der Waals surface area contributed by atoms with Crippen LogP contribution in [0.1, 0.15) is 0 Å². The Morgan fingerprint density at radius 3 is 2.33 bits per heavy atom. The Balaban J connectivity index is 2.42. The molecule has 0 amide bonds. The van der Waals surface area contributed by atoms with Gasteiger partial charge in [-0.25, -0.2) is 0 Å². The average Bonchev–Trinajstić information content (AvgIpc) is 2.59. The van der Waals surface area contributed by atoms with Crippen molar-refractivity contribution in [2.24, 2.45) is 10.2 Å². The first-order valence-corrected chi connectivity index (χ1v) is 7.26. The van der Waals surface area contributed by atoms with Gasteiger partial charge in [0.1, 0.15) is 11.4 Å². The molecule has 2 aromatic carbocycles. The van der Waals surface area contributed by atoms with Gasteiger partial charge in [-0.3, -0.25) is 10.1 Å². The second kappa shape index (κ2) is 7.47. The normalized spacial score (nSPS) is 10.4. The zero-order chi connectivity index (χ0) is 17.7. The number of azo groups is 1. The summed E-state index contributed by atoms with van der Waals surface area (Å²) in [5.41, 5.74) is 0.864. The lowest BCUT2D eigenvalue weighted by Crippen LogP contribution is -1.87. The molecule has 0 unspecified atom stereocenters. The highest BCUT2D eigenvalue weighted by molar-refractivity contribution is 9.10. The molecule has 0 atom stereocenters. The fraction of sp³-hybridized carbons (Fsp3) is 0.143. The van der Waals surface area contributed by atoms with Gasteiger partial charge < -0.3 is 9.47 Å². The quantitative estimate of drug-likeness (QED) is 0.297. The molecule has 122 valence electrons. The monoisotopic (exact) mass is 392 g/mol. The summed E-state index contributed by atoms with van der Waals surface area (Å²) in [7, 11) is 2.86. The standard InChI is InChI=1S/C14H11BrN5O4/c1-23-13-7-12(14(24-2)6-11(13)17-16)19-18-10-4-3-8(20(21)22)5-9(10)15/h3-7H,1-2H3/q+1. The van der Waals surface area contributed by atoms with Crippen LogP contribution in [0.3, 0.4) is 0 Å². The van der Waals surface area contributed by atoms with Crippen molar-refractivity contribution in [1.29, 1.82) is 5.39 Å². The molecular formula is C14H11BrN5O4+. The predicted octanol–water partition coefficient (Wildman–Crippen LogP) is 5.27. The number of benzene rings is 2. The Hall–Kier alpha value is -3.06. The molecule has 0 saturated carbocycles. The Morgan fingerprint density at radius 1 is 1.12 bits per heavy atom. The lowest BCUT2D eigenvalue weighted by atomic mass is 10.2. The van der Waals surface area contributed by atoms with Crippen LogP contribution in [0.5, 0.6) is 11.5 Å². The van der Waals surface area contributed by atoms with Gasteiger partial charge in [-0.05, 0) is 22.0 Å². The number of halogens is 1. The topological polar surface area (TPSA) is 114 Å². The van der Waals surface area contributed by atoms with E-state index in [9.17, 15) is 10.1 Å². The van der Waals surface area contributed by atoms with Crippen LogP contribution in [-0.4, -0.2) is 19.1 Å². The van der Waals surface area contributed by atoms with Crippen molar-refractivity contribution in [3.05, 3.63) is 49.9 Å². The third-order valence-corrected chi connectivity index (χ3v) is 3.63. The number of ether oxygens (including phenoxy) is 2. The van der Waals surface area contributed by atoms with Gasteiger partial charge >= 0.3 is 5.69 Å². The maximum Gasteiger partial charge on any atom is 0.430 e. The van der Waals surface area contributed by atoms with Gasteiger partial charge in [0.05, 0.1) is 29.7 Å². The van der Waals surface area contributed by atoms with Crippen LogP contribution in [0.2, 0.25) is 0 Å². The van der Waals surface area contributed by atoms with E-state index in [0.29, 0.717) is 21.6 Å². The molecule has 0 aliphatic rings. The van der Waals surface area contributed by atoms with E-state index in [0.717, 1.165) is 0 Å². The molecule has 0 radical (unpaired) electrons. The number of nitrogens with zero attached hydrogens (tertiary/aromatic N) is 5. The van der Waals surface area contributed by atoms with Crippen LogP contribution in [0.4, 0.5) is 22.7 Å². The fourth-order valence-corrected chi connectivity index (χ4v) is 2.27. The second-order valence-corrected chi connectivity index (χ2v) is 5.24. The predicted molar refractivity (Wildman–Crippen MR) is 89.3 cm³/mol. The zero-order valence-corrected chi connectivity index (χ0v) is 14.2. The number of nitro benzene ring substituents is 1. The van der Waals surface area contributed by atoms with Gasteiger partial charge in [-0.1, -0.05) is 0 Å². The van der Waals surface area contributed by atoms with E-state index in [1.807, 2.05) is 0 Å². The molecule has 10 heteroatoms. The van der Waals surface area contributed by atoms with Gasteiger partial charge in [0.25, 0.3) is 5.69 Å². The number of hydrogen-bond acceptors (Lipinski definition) is 7. The van der Waals surface area contributed by atoms with Crippen molar-refractivity contribution >= 4 is 38.7 Å². The van der Waals surface area contributed by atoms with Crippen LogP contribution in [0, 0.1) is 15.5 Å². The summed E-state index contributed by atoms with van der Waals surface area (Å²) in [6, 6.07) is 7.06. The Morgan fingerprint density at radius 2 is 1.79 bits per heavy atom. The van der Waals surface area contributed by atoms with Crippen LogP contribution >= 0.6 is 15.9 Å². The summed E-state index contributed by atoms with van der Waals surface area (Å²) >= 11 is 3.21. The fourth-order valence-electron chi connectivity index (χ4n) is 1.82. The lowest BCUT2D eigenvalue weighted by molar-refractivity contribution is -0.384. The van der Waals surface area contributed by atoms with Crippen molar-refractivity contribution in [3.63, 3.8) is 0 Å². The van der Waals surface area contributed by atoms with Crippen LogP contribution in [0.25, 0.3) is 4.98 Å². The van der Waals surface area contributed by atoms with E-state index in [2.05, 4.69) is 31.1 Å². The summed E-state index contributed by atoms with van der Waals surface area (Å²) < 4.78 is 10.7. The molecule has 2 rings (SSSR count). The third kappa shape index (κ3) is 3.64. The number of hydrogen-bond donors (Lipinski definition) is 0. The maximum absolute atomic E-state index is 10.7. The molecule has 2 aromatic rings. The highest BCUT2D eigenvalue weighted by Gasteiger charge is 2.20. The van der Waals surface area contributed by atoms with E-state index in [-0.39, 0.29) is 17.1 Å². The highest BCUT2D eigenvalue weighted by atomic mass is 79.9. The molecule has 0 bridgehead atoms. The number of rotatable bonds is 5. The minimum atomic E-state index is -0.503. The molecule has 0 aliphatic carbocycles. The van der Waals surface area contributed by atoms with Crippen molar-refractivity contribution in [3.8, 4) is 11.5 Å². The molecule has 0 heterocycles. The Kier molecular flexibility index (Phi) is 5.39. The maximum atomic E-state index is 10.7. The van der Waals surface area contributed by atoms with E-state index in [1.165, 1.54) is 44.6 Å². The number of methoxy groups -OCH3 is 2. The average molecular weight is 393 g/mol. The Bertz CT molecular complexity index is 863. The minimum Gasteiger partial charge on any atom is -0.494 e. The van der Waals surface area contributed by atoms with Gasteiger partial charge in [0.2, 0.25) is 11.1 Å². The first-order chi connectivity index (χ1) is 11.5.